The van der Waals surface area contributed by atoms with Crippen molar-refractivity contribution in [3.05, 3.63) is 29.8 Å². The molecule has 0 radical (unpaired) electrons. The van der Waals surface area contributed by atoms with Gasteiger partial charge in [-0.25, -0.2) is 0 Å². The quantitative estimate of drug-likeness (QED) is 0.926. The minimum atomic E-state index is -0.0884. The van der Waals surface area contributed by atoms with Crippen LogP contribution in [0.1, 0.15) is 32.3 Å². The molecule has 2 rings (SSSR count). The fourth-order valence-electron chi connectivity index (χ4n) is 2.94. The first-order valence-corrected chi connectivity index (χ1v) is 7.55. The van der Waals surface area contributed by atoms with E-state index in [4.69, 9.17) is 4.74 Å². The number of likely N-dealkylation sites (N-methyl/N-ethyl adjacent to an activating group) is 1. The van der Waals surface area contributed by atoms with Crippen molar-refractivity contribution in [1.82, 2.24) is 10.2 Å². The summed E-state index contributed by atoms with van der Waals surface area (Å²) in [5, 5.41) is 3.38. The number of ether oxygens (including phenoxy) is 1. The molecule has 21 heavy (non-hydrogen) atoms. The van der Waals surface area contributed by atoms with Gasteiger partial charge in [-0.2, -0.15) is 0 Å². The van der Waals surface area contributed by atoms with E-state index in [2.05, 4.69) is 19.2 Å². The minimum absolute atomic E-state index is 0.0174. The summed E-state index contributed by atoms with van der Waals surface area (Å²) in [6.07, 6.45) is 2.23. The highest BCUT2D eigenvalue weighted by Gasteiger charge is 2.38. The zero-order valence-electron chi connectivity index (χ0n) is 13.5. The summed E-state index contributed by atoms with van der Waals surface area (Å²) in [5.74, 6) is 1.01. The summed E-state index contributed by atoms with van der Waals surface area (Å²) >= 11 is 0. The second kappa shape index (κ2) is 6.48. The number of hydrogen-bond donors (Lipinski definition) is 1. The molecular weight excluding hydrogens is 264 g/mol. The molecule has 1 heterocycles. The lowest BCUT2D eigenvalue weighted by molar-refractivity contribution is -0.136. The third kappa shape index (κ3) is 3.76. The summed E-state index contributed by atoms with van der Waals surface area (Å²) in [6, 6.07) is 7.77. The van der Waals surface area contributed by atoms with Crippen LogP contribution in [-0.2, 0) is 11.3 Å². The van der Waals surface area contributed by atoms with E-state index in [0.717, 1.165) is 30.7 Å². The third-order valence-corrected chi connectivity index (χ3v) is 4.33. The Kier molecular flexibility index (Phi) is 4.88. The fraction of sp³-hybridized carbons (Fsp3) is 0.588. The van der Waals surface area contributed by atoms with Gasteiger partial charge in [0.15, 0.2) is 0 Å². The van der Waals surface area contributed by atoms with Crippen molar-refractivity contribution in [2.45, 2.75) is 39.3 Å². The Morgan fingerprint density at radius 1 is 1.38 bits per heavy atom. The monoisotopic (exact) mass is 290 g/mol. The van der Waals surface area contributed by atoms with Gasteiger partial charge in [-0.3, -0.25) is 4.79 Å². The average Bonchev–Trinajstić information content (AvgIpc) is 2.47. The Morgan fingerprint density at radius 2 is 2.05 bits per heavy atom. The third-order valence-electron chi connectivity index (χ3n) is 4.33. The van der Waals surface area contributed by atoms with Gasteiger partial charge in [0.05, 0.1) is 13.2 Å². The molecule has 1 amide bonds. The van der Waals surface area contributed by atoms with Crippen LogP contribution in [0.4, 0.5) is 0 Å². The van der Waals surface area contributed by atoms with E-state index in [0.29, 0.717) is 6.54 Å². The van der Waals surface area contributed by atoms with Crippen LogP contribution in [0.3, 0.4) is 0 Å². The number of methoxy groups -OCH3 is 1. The molecule has 4 heteroatoms. The van der Waals surface area contributed by atoms with Crippen molar-refractivity contribution >= 4 is 5.91 Å². The van der Waals surface area contributed by atoms with E-state index in [1.54, 1.807) is 7.11 Å². The van der Waals surface area contributed by atoms with E-state index < -0.39 is 0 Å². The number of carbonyl (C=O) groups is 1. The molecule has 1 aliphatic heterocycles. The highest BCUT2D eigenvalue weighted by Crippen LogP contribution is 2.31. The maximum absolute atomic E-state index is 12.7. The Labute approximate surface area is 127 Å². The standard InChI is InChI=1S/C17H26N2O2/c1-17(2)10-5-11-18-15(17)16(20)19(3)12-13-6-8-14(21-4)9-7-13/h6-9,15,18H,5,10-12H2,1-4H3. The molecule has 116 valence electrons. The summed E-state index contributed by atoms with van der Waals surface area (Å²) in [4.78, 5) is 14.5. The minimum Gasteiger partial charge on any atom is -0.497 e. The first-order chi connectivity index (χ1) is 9.94. The number of nitrogens with one attached hydrogen (secondary N) is 1. The predicted molar refractivity (Wildman–Crippen MR) is 84.3 cm³/mol. The number of hydrogen-bond acceptors (Lipinski definition) is 3. The van der Waals surface area contributed by atoms with Crippen LogP contribution in [0.15, 0.2) is 24.3 Å². The van der Waals surface area contributed by atoms with Crippen molar-refractivity contribution < 1.29 is 9.53 Å². The van der Waals surface area contributed by atoms with Gasteiger partial charge in [0.2, 0.25) is 5.91 Å². The van der Waals surface area contributed by atoms with E-state index in [1.807, 2.05) is 36.2 Å². The average molecular weight is 290 g/mol. The molecule has 1 aromatic rings. The highest BCUT2D eigenvalue weighted by atomic mass is 16.5. The number of benzene rings is 1. The summed E-state index contributed by atoms with van der Waals surface area (Å²) in [6.45, 7) is 5.89. The van der Waals surface area contributed by atoms with Gasteiger partial charge >= 0.3 is 0 Å². The van der Waals surface area contributed by atoms with Crippen molar-refractivity contribution in [3.8, 4) is 5.75 Å². The van der Waals surface area contributed by atoms with E-state index >= 15 is 0 Å². The second-order valence-corrected chi connectivity index (χ2v) is 6.52. The predicted octanol–water partition coefficient (Wildman–Crippen LogP) is 2.43. The zero-order chi connectivity index (χ0) is 15.5. The summed E-state index contributed by atoms with van der Waals surface area (Å²) < 4.78 is 5.15. The molecule has 1 aromatic carbocycles. The molecular formula is C17H26N2O2. The molecule has 4 nitrogen and oxygen atoms in total. The summed E-state index contributed by atoms with van der Waals surface area (Å²) in [7, 11) is 3.53. The number of piperidine rings is 1. The van der Waals surface area contributed by atoms with Crippen molar-refractivity contribution in [3.63, 3.8) is 0 Å². The lowest BCUT2D eigenvalue weighted by Crippen LogP contribution is -2.55. The highest BCUT2D eigenvalue weighted by molar-refractivity contribution is 5.82. The summed E-state index contributed by atoms with van der Waals surface area (Å²) in [5.41, 5.74) is 1.13. The zero-order valence-corrected chi connectivity index (χ0v) is 13.5. The Morgan fingerprint density at radius 3 is 2.62 bits per heavy atom. The largest absolute Gasteiger partial charge is 0.497 e. The Hall–Kier alpha value is -1.55. The number of nitrogens with zero attached hydrogens (tertiary/aromatic N) is 1. The van der Waals surface area contributed by atoms with Crippen LogP contribution >= 0.6 is 0 Å². The normalized spacial score (nSPS) is 20.9. The molecule has 1 aliphatic rings. The van der Waals surface area contributed by atoms with Crippen LogP contribution in [-0.4, -0.2) is 37.6 Å². The Bertz CT molecular complexity index is 482. The first kappa shape index (κ1) is 15.8. The SMILES string of the molecule is COc1ccc(CN(C)C(=O)C2NCCCC2(C)C)cc1. The molecule has 1 fully saturated rings. The van der Waals surface area contributed by atoms with Gasteiger partial charge < -0.3 is 15.0 Å². The molecule has 0 saturated carbocycles. The Balaban J connectivity index is 2.01. The lowest BCUT2D eigenvalue weighted by atomic mass is 9.77. The molecule has 1 atom stereocenters. The molecule has 0 bridgehead atoms. The van der Waals surface area contributed by atoms with Crippen LogP contribution < -0.4 is 10.1 Å². The molecule has 0 spiro atoms. The van der Waals surface area contributed by atoms with Gasteiger partial charge in [0, 0.05) is 13.6 Å². The smallest absolute Gasteiger partial charge is 0.240 e. The van der Waals surface area contributed by atoms with Gasteiger partial charge in [-0.05, 0) is 42.5 Å². The van der Waals surface area contributed by atoms with Crippen molar-refractivity contribution in [2.75, 3.05) is 20.7 Å². The van der Waals surface area contributed by atoms with Crippen LogP contribution in [0.2, 0.25) is 0 Å². The van der Waals surface area contributed by atoms with Crippen molar-refractivity contribution in [2.24, 2.45) is 5.41 Å². The van der Waals surface area contributed by atoms with E-state index in [-0.39, 0.29) is 17.4 Å². The van der Waals surface area contributed by atoms with E-state index in [9.17, 15) is 4.79 Å². The van der Waals surface area contributed by atoms with Gasteiger partial charge in [-0.15, -0.1) is 0 Å². The second-order valence-electron chi connectivity index (χ2n) is 6.52. The number of amides is 1. The van der Waals surface area contributed by atoms with Crippen LogP contribution in [0, 0.1) is 5.41 Å². The fourth-order valence-corrected chi connectivity index (χ4v) is 2.94. The van der Waals surface area contributed by atoms with E-state index in [1.165, 1.54) is 0 Å². The topological polar surface area (TPSA) is 41.6 Å². The molecule has 0 aromatic heterocycles. The molecule has 1 N–H and O–H groups in total. The number of carbonyl (C=O) groups excluding carboxylic acids is 1. The molecule has 0 aliphatic carbocycles. The van der Waals surface area contributed by atoms with Gasteiger partial charge in [-0.1, -0.05) is 26.0 Å². The lowest BCUT2D eigenvalue weighted by Gasteiger charge is -2.40. The molecule has 1 saturated heterocycles. The van der Waals surface area contributed by atoms with Crippen LogP contribution in [0.25, 0.3) is 0 Å². The van der Waals surface area contributed by atoms with Gasteiger partial charge in [0.25, 0.3) is 0 Å². The van der Waals surface area contributed by atoms with Crippen molar-refractivity contribution in [1.29, 1.82) is 0 Å². The maximum Gasteiger partial charge on any atom is 0.240 e. The first-order valence-electron chi connectivity index (χ1n) is 7.55. The molecule has 1 unspecified atom stereocenters. The number of rotatable bonds is 4. The van der Waals surface area contributed by atoms with Gasteiger partial charge in [0.1, 0.15) is 5.75 Å². The maximum atomic E-state index is 12.7. The van der Waals surface area contributed by atoms with Crippen LogP contribution in [0.5, 0.6) is 5.75 Å².